The first-order valence-corrected chi connectivity index (χ1v) is 11.7. The molecule has 2 aromatic rings. The molecule has 164 valence electrons. The zero-order chi connectivity index (χ0) is 22.7. The molecule has 0 aliphatic rings. The number of hydrogen-bond acceptors (Lipinski definition) is 8. The second kappa shape index (κ2) is 9.14. The summed E-state index contributed by atoms with van der Waals surface area (Å²) in [4.78, 5) is 9.12. The Morgan fingerprint density at radius 1 is 1.13 bits per heavy atom. The van der Waals surface area contributed by atoms with Gasteiger partial charge in [-0.05, 0) is 30.7 Å². The molecule has 2 rings (SSSR count). The zero-order valence-electron chi connectivity index (χ0n) is 15.4. The summed E-state index contributed by atoms with van der Waals surface area (Å²) in [5.41, 5.74) is -0.276. The van der Waals surface area contributed by atoms with Crippen LogP contribution < -0.4 is 10.0 Å². The van der Waals surface area contributed by atoms with E-state index in [0.717, 1.165) is 30.3 Å². The molecule has 0 radical (unpaired) electrons. The van der Waals surface area contributed by atoms with Gasteiger partial charge in [-0.2, -0.15) is 8.42 Å². The van der Waals surface area contributed by atoms with Gasteiger partial charge in [-0.1, -0.05) is 6.07 Å². The van der Waals surface area contributed by atoms with Crippen LogP contribution in [0.4, 0.5) is 17.1 Å². The Hall–Kier alpha value is -2.45. The average Bonchev–Trinajstić information content (AvgIpc) is 2.67. The molecule has 0 amide bonds. The van der Waals surface area contributed by atoms with Crippen LogP contribution in [0.1, 0.15) is 5.56 Å². The molecular formula is C16H18ClN3O8S2. The summed E-state index contributed by atoms with van der Waals surface area (Å²) < 4.78 is 60.1. The van der Waals surface area contributed by atoms with E-state index in [1.165, 1.54) is 13.0 Å². The Morgan fingerprint density at radius 3 is 2.33 bits per heavy atom. The molecule has 0 saturated heterocycles. The molecule has 1 unspecified atom stereocenters. The molecule has 0 aromatic heterocycles. The van der Waals surface area contributed by atoms with Gasteiger partial charge in [-0.3, -0.25) is 19.4 Å². The lowest BCUT2D eigenvalue weighted by Gasteiger charge is -2.18. The van der Waals surface area contributed by atoms with Crippen LogP contribution in [0.2, 0.25) is 0 Å². The van der Waals surface area contributed by atoms with Crippen molar-refractivity contribution in [2.24, 2.45) is 0 Å². The van der Waals surface area contributed by atoms with Crippen LogP contribution in [0.25, 0.3) is 0 Å². The van der Waals surface area contributed by atoms with E-state index in [0.29, 0.717) is 0 Å². The molecule has 30 heavy (non-hydrogen) atoms. The standard InChI is InChI=1S/C16H18ClN3O8S2/c1-10-15(18-9-12(21)8-17)6-14(30(26,27)28)7-16(10)19-29(24,25)13-4-2-3-11(5-13)20(22)23/h2-7,12,18-19,21H,8-9H2,1H3,(H,26,27,28). The average molecular weight is 480 g/mol. The Labute approximate surface area is 177 Å². The van der Waals surface area contributed by atoms with Gasteiger partial charge in [0.05, 0.1) is 32.4 Å². The molecule has 4 N–H and O–H groups in total. The highest BCUT2D eigenvalue weighted by Crippen LogP contribution is 2.30. The molecule has 0 aliphatic carbocycles. The number of aliphatic hydroxyl groups excluding tert-OH is 1. The molecule has 1 atom stereocenters. The molecule has 0 saturated carbocycles. The Bertz CT molecular complexity index is 1170. The number of non-ortho nitro benzene ring substituents is 1. The van der Waals surface area contributed by atoms with Gasteiger partial charge in [0.1, 0.15) is 0 Å². The molecule has 11 nitrogen and oxygen atoms in total. The molecule has 0 fully saturated rings. The van der Waals surface area contributed by atoms with E-state index in [9.17, 15) is 36.6 Å². The fraction of sp³-hybridized carbons (Fsp3) is 0.250. The number of rotatable bonds is 9. The molecular weight excluding hydrogens is 462 g/mol. The summed E-state index contributed by atoms with van der Waals surface area (Å²) in [6.45, 7) is 1.39. The summed E-state index contributed by atoms with van der Waals surface area (Å²) >= 11 is 5.52. The van der Waals surface area contributed by atoms with Crippen LogP contribution in [-0.2, 0) is 20.1 Å². The van der Waals surface area contributed by atoms with Gasteiger partial charge >= 0.3 is 0 Å². The maximum absolute atomic E-state index is 12.7. The second-order valence-electron chi connectivity index (χ2n) is 6.17. The van der Waals surface area contributed by atoms with Gasteiger partial charge in [0.2, 0.25) is 0 Å². The fourth-order valence-corrected chi connectivity index (χ4v) is 4.17. The highest BCUT2D eigenvalue weighted by molar-refractivity contribution is 7.92. The Balaban J connectivity index is 2.51. The van der Waals surface area contributed by atoms with Crippen LogP contribution in [0.15, 0.2) is 46.2 Å². The van der Waals surface area contributed by atoms with E-state index in [1.54, 1.807) is 0 Å². The lowest BCUT2D eigenvalue weighted by molar-refractivity contribution is -0.385. The van der Waals surface area contributed by atoms with Crippen molar-refractivity contribution in [3.63, 3.8) is 0 Å². The van der Waals surface area contributed by atoms with Crippen LogP contribution in [-0.4, -0.2) is 49.9 Å². The van der Waals surface area contributed by atoms with E-state index in [4.69, 9.17) is 11.6 Å². The van der Waals surface area contributed by atoms with Crippen molar-refractivity contribution in [2.45, 2.75) is 22.8 Å². The number of nitro groups is 1. The van der Waals surface area contributed by atoms with Gasteiger partial charge in [0.25, 0.3) is 25.8 Å². The van der Waals surface area contributed by atoms with Crippen molar-refractivity contribution in [3.8, 4) is 0 Å². The summed E-state index contributed by atoms with van der Waals surface area (Å²) in [5.74, 6) is -0.101. The van der Waals surface area contributed by atoms with Crippen molar-refractivity contribution in [3.05, 3.63) is 52.1 Å². The van der Waals surface area contributed by atoms with Gasteiger partial charge in [0, 0.05) is 24.4 Å². The first-order valence-electron chi connectivity index (χ1n) is 8.22. The van der Waals surface area contributed by atoms with E-state index in [-0.39, 0.29) is 29.4 Å². The predicted molar refractivity (Wildman–Crippen MR) is 110 cm³/mol. The van der Waals surface area contributed by atoms with Crippen molar-refractivity contribution in [2.75, 3.05) is 22.5 Å². The third kappa shape index (κ3) is 5.79. The SMILES string of the molecule is Cc1c(NCC(O)CCl)cc(S(=O)(=O)O)cc1NS(=O)(=O)c1cccc([N+](=O)[O-])c1. The number of benzene rings is 2. The number of halogens is 1. The van der Waals surface area contributed by atoms with Gasteiger partial charge in [0.15, 0.2) is 0 Å². The lowest BCUT2D eigenvalue weighted by Crippen LogP contribution is -2.22. The monoisotopic (exact) mass is 479 g/mol. The number of sulfonamides is 1. The number of anilines is 2. The maximum atomic E-state index is 12.7. The number of nitro benzene ring substituents is 1. The minimum atomic E-state index is -4.70. The highest BCUT2D eigenvalue weighted by Gasteiger charge is 2.22. The van der Waals surface area contributed by atoms with E-state index >= 15 is 0 Å². The van der Waals surface area contributed by atoms with Gasteiger partial charge < -0.3 is 10.4 Å². The van der Waals surface area contributed by atoms with E-state index in [2.05, 4.69) is 10.0 Å². The normalized spacial score (nSPS) is 12.9. The minimum Gasteiger partial charge on any atom is -0.390 e. The fourth-order valence-electron chi connectivity index (χ4n) is 2.38. The lowest BCUT2D eigenvalue weighted by atomic mass is 10.1. The third-order valence-corrected chi connectivity index (χ3v) is 6.52. The smallest absolute Gasteiger partial charge is 0.294 e. The molecule has 2 aromatic carbocycles. The van der Waals surface area contributed by atoms with Gasteiger partial charge in [-0.15, -0.1) is 11.6 Å². The van der Waals surface area contributed by atoms with Crippen molar-refractivity contribution >= 4 is 48.8 Å². The number of nitrogens with zero attached hydrogens (tertiary/aromatic N) is 1. The largest absolute Gasteiger partial charge is 0.390 e. The predicted octanol–water partition coefficient (Wildman–Crippen LogP) is 1.96. The summed E-state index contributed by atoms with van der Waals surface area (Å²) in [6.07, 6.45) is -0.967. The summed E-state index contributed by atoms with van der Waals surface area (Å²) in [5, 5.41) is 23.2. The third-order valence-electron chi connectivity index (χ3n) is 3.97. The molecule has 14 heteroatoms. The molecule has 0 spiro atoms. The van der Waals surface area contributed by atoms with Crippen LogP contribution in [0.3, 0.4) is 0 Å². The Kier molecular flexibility index (Phi) is 7.26. The van der Waals surface area contributed by atoms with E-state index in [1.807, 2.05) is 0 Å². The molecule has 0 aliphatic heterocycles. The number of aliphatic hydroxyl groups is 1. The van der Waals surface area contributed by atoms with Gasteiger partial charge in [-0.25, -0.2) is 8.42 Å². The highest BCUT2D eigenvalue weighted by atomic mass is 35.5. The maximum Gasteiger partial charge on any atom is 0.294 e. The Morgan fingerprint density at radius 2 is 1.77 bits per heavy atom. The second-order valence-corrected chi connectivity index (χ2v) is 9.58. The topological polar surface area (TPSA) is 176 Å². The molecule has 0 heterocycles. The van der Waals surface area contributed by atoms with Crippen LogP contribution in [0, 0.1) is 17.0 Å². The van der Waals surface area contributed by atoms with Crippen molar-refractivity contribution in [1.82, 2.24) is 0 Å². The van der Waals surface area contributed by atoms with Crippen molar-refractivity contribution in [1.29, 1.82) is 0 Å². The van der Waals surface area contributed by atoms with E-state index < -0.39 is 46.6 Å². The summed E-state index contributed by atoms with van der Waals surface area (Å²) in [7, 11) is -9.04. The van der Waals surface area contributed by atoms with Crippen LogP contribution >= 0.6 is 11.6 Å². The number of nitrogens with one attached hydrogen (secondary N) is 2. The van der Waals surface area contributed by atoms with Crippen LogP contribution in [0.5, 0.6) is 0 Å². The number of hydrogen-bond donors (Lipinski definition) is 4. The quantitative estimate of drug-likeness (QED) is 0.181. The molecule has 0 bridgehead atoms. The number of alkyl halides is 1. The first kappa shape index (κ1) is 23.8. The summed E-state index contributed by atoms with van der Waals surface area (Å²) in [6, 6.07) is 6.26. The minimum absolute atomic E-state index is 0.0731. The van der Waals surface area contributed by atoms with Crippen molar-refractivity contribution < 1.29 is 31.4 Å². The first-order chi connectivity index (χ1) is 13.8. The zero-order valence-corrected chi connectivity index (χ0v) is 17.8.